The molecule has 0 fully saturated rings. The van der Waals surface area contributed by atoms with Crippen molar-refractivity contribution in [2.45, 2.75) is 19.3 Å². The Morgan fingerprint density at radius 2 is 0.717 bits per heavy atom. The van der Waals surface area contributed by atoms with Crippen molar-refractivity contribution in [3.63, 3.8) is 0 Å². The van der Waals surface area contributed by atoms with Gasteiger partial charge in [0.25, 0.3) is 0 Å². The van der Waals surface area contributed by atoms with Crippen LogP contribution in [0.5, 0.6) is 0 Å². The minimum absolute atomic E-state index is 0.193. The van der Waals surface area contributed by atoms with E-state index in [-0.39, 0.29) is 5.41 Å². The molecule has 0 N–H and O–H groups in total. The second kappa shape index (κ2) is 12.3. The molecule has 0 amide bonds. The van der Waals surface area contributed by atoms with Crippen LogP contribution in [0.15, 0.2) is 199 Å². The lowest BCUT2D eigenvalue weighted by Gasteiger charge is -2.25. The lowest BCUT2D eigenvalue weighted by atomic mass is 9.78. The number of hydrogen-bond acceptors (Lipinski definition) is 1. The Kier molecular flexibility index (Phi) is 6.85. The van der Waals surface area contributed by atoms with Crippen LogP contribution in [0.3, 0.4) is 0 Å². The van der Waals surface area contributed by atoms with Crippen molar-refractivity contribution >= 4 is 75.8 Å². The van der Waals surface area contributed by atoms with Gasteiger partial charge >= 0.3 is 0 Å². The van der Waals surface area contributed by atoms with Crippen LogP contribution in [0.25, 0.3) is 120 Å². The zero-order valence-electron chi connectivity index (χ0n) is 33.4. The zero-order chi connectivity index (χ0) is 39.7. The summed E-state index contributed by atoms with van der Waals surface area (Å²) in [7, 11) is 0. The second-order valence-electron chi connectivity index (χ2n) is 17.1. The smallest absolute Gasteiger partial charge is 0.135 e. The van der Waals surface area contributed by atoms with E-state index in [1.54, 1.807) is 0 Å². The summed E-state index contributed by atoms with van der Waals surface area (Å²) >= 11 is 0. The van der Waals surface area contributed by atoms with Crippen molar-refractivity contribution in [3.8, 4) is 44.5 Å². The molecule has 1 aromatic heterocycles. The van der Waals surface area contributed by atoms with E-state index in [1.807, 2.05) is 6.07 Å². The number of furan rings is 1. The first kappa shape index (κ1) is 33.5. The van der Waals surface area contributed by atoms with Gasteiger partial charge in [-0.1, -0.05) is 184 Å². The van der Waals surface area contributed by atoms with Crippen LogP contribution in [0.2, 0.25) is 0 Å². The molecule has 1 aliphatic carbocycles. The van der Waals surface area contributed by atoms with Crippen LogP contribution in [0.4, 0.5) is 0 Å². The molecular weight excluding hydrogens is 725 g/mol. The summed E-state index contributed by atoms with van der Waals surface area (Å²) in [5, 5.41) is 15.2. The summed E-state index contributed by atoms with van der Waals surface area (Å²) in [6, 6.07) is 71.8. The van der Waals surface area contributed by atoms with Crippen molar-refractivity contribution in [1.82, 2.24) is 0 Å². The Balaban J connectivity index is 1.00. The van der Waals surface area contributed by atoms with Gasteiger partial charge in [0.05, 0.1) is 0 Å². The Labute approximate surface area is 347 Å². The van der Waals surface area contributed by atoms with Gasteiger partial charge in [0.15, 0.2) is 0 Å². The van der Waals surface area contributed by atoms with Gasteiger partial charge in [-0.2, -0.15) is 0 Å². The van der Waals surface area contributed by atoms with Crippen LogP contribution in [-0.4, -0.2) is 0 Å². The number of rotatable bonds is 3. The third-order valence-electron chi connectivity index (χ3n) is 13.6. The number of benzene rings is 11. The predicted octanol–water partition coefficient (Wildman–Crippen LogP) is 16.7. The molecule has 0 radical (unpaired) electrons. The molecule has 13 rings (SSSR count). The summed E-state index contributed by atoms with van der Waals surface area (Å²) in [5.74, 6) is 0. The maximum absolute atomic E-state index is 6.24. The summed E-state index contributed by atoms with van der Waals surface area (Å²) in [6.07, 6.45) is 0. The molecule has 0 bridgehead atoms. The Hall–Kier alpha value is -7.48. The van der Waals surface area contributed by atoms with Crippen molar-refractivity contribution in [2.75, 3.05) is 0 Å². The molecule has 280 valence electrons. The first-order chi connectivity index (χ1) is 29.5. The molecule has 12 aromatic rings. The molecule has 0 saturated heterocycles. The van der Waals surface area contributed by atoms with Gasteiger partial charge in [0.2, 0.25) is 0 Å². The minimum atomic E-state index is -0.193. The monoisotopic (exact) mass is 762 g/mol. The van der Waals surface area contributed by atoms with Crippen LogP contribution < -0.4 is 0 Å². The summed E-state index contributed by atoms with van der Waals surface area (Å²) in [5.41, 5.74) is 14.7. The van der Waals surface area contributed by atoms with Gasteiger partial charge in [-0.3, -0.25) is 0 Å². The zero-order valence-corrected chi connectivity index (χ0v) is 33.4. The second-order valence-corrected chi connectivity index (χ2v) is 17.1. The van der Waals surface area contributed by atoms with E-state index in [0.717, 1.165) is 21.9 Å². The number of fused-ring (bicyclic) bond motifs is 15. The molecule has 0 aliphatic heterocycles. The Bertz CT molecular complexity index is 3730. The van der Waals surface area contributed by atoms with Gasteiger partial charge in [0.1, 0.15) is 11.2 Å². The molecule has 0 atom stereocenters. The van der Waals surface area contributed by atoms with E-state index in [9.17, 15) is 0 Å². The third kappa shape index (κ3) is 4.52. The molecule has 11 aromatic carbocycles. The number of para-hydroxylation sites is 1. The fourth-order valence-electron chi connectivity index (χ4n) is 11.0. The predicted molar refractivity (Wildman–Crippen MR) is 255 cm³/mol. The molecule has 1 nitrogen and oxygen atoms in total. The fraction of sp³-hybridized carbons (Fsp3) is 0.0508. The molecular formula is C59H38O. The molecule has 0 saturated carbocycles. The van der Waals surface area contributed by atoms with Crippen LogP contribution >= 0.6 is 0 Å². The fourth-order valence-corrected chi connectivity index (χ4v) is 11.0. The van der Waals surface area contributed by atoms with E-state index >= 15 is 0 Å². The van der Waals surface area contributed by atoms with Gasteiger partial charge in [-0.05, 0) is 134 Å². The first-order valence-electron chi connectivity index (χ1n) is 21.0. The van der Waals surface area contributed by atoms with Crippen LogP contribution in [0.1, 0.15) is 25.0 Å². The van der Waals surface area contributed by atoms with Crippen LogP contribution in [-0.2, 0) is 5.41 Å². The maximum atomic E-state index is 6.24. The SMILES string of the molecule is CC1(C)c2cc(-c3ccc(-c4c5ccccc5c(-c5ccc6oc7ccccc7c6c5)c5ccccc45)cc3)c3ccccc3c2-c2c1c1ccccc1c1ccccc21. The lowest BCUT2D eigenvalue weighted by molar-refractivity contribution is 0.667. The molecule has 1 heterocycles. The van der Waals surface area contributed by atoms with Gasteiger partial charge in [0, 0.05) is 16.2 Å². The highest BCUT2D eigenvalue weighted by atomic mass is 16.3. The van der Waals surface area contributed by atoms with Crippen molar-refractivity contribution in [1.29, 1.82) is 0 Å². The summed E-state index contributed by atoms with van der Waals surface area (Å²) < 4.78 is 6.24. The van der Waals surface area contributed by atoms with Gasteiger partial charge < -0.3 is 4.42 Å². The Morgan fingerprint density at radius 3 is 1.33 bits per heavy atom. The topological polar surface area (TPSA) is 13.1 Å². The van der Waals surface area contributed by atoms with Crippen molar-refractivity contribution in [3.05, 3.63) is 205 Å². The average molecular weight is 763 g/mol. The average Bonchev–Trinajstić information content (AvgIpc) is 3.79. The maximum Gasteiger partial charge on any atom is 0.135 e. The third-order valence-corrected chi connectivity index (χ3v) is 13.6. The largest absolute Gasteiger partial charge is 0.456 e. The number of hydrogen-bond donors (Lipinski definition) is 0. The summed E-state index contributed by atoms with van der Waals surface area (Å²) in [6.45, 7) is 4.85. The highest BCUT2D eigenvalue weighted by Crippen LogP contribution is 2.58. The van der Waals surface area contributed by atoms with E-state index in [1.165, 1.54) is 109 Å². The standard InChI is InChI=1S/C59H38O/c1-59(2)51-34-49(40-17-4-6-19-42(40)56(51)57-43-20-7-3-15-38(43)39-16-5-12-25-48(39)58(57)59)35-27-29-36(30-28-35)54-44-21-8-10-23-46(44)55(47-24-11-9-22-45(47)54)37-31-32-53-50(33-37)41-18-13-14-26-52(41)60-53/h3-34H,1-2H3. The lowest BCUT2D eigenvalue weighted by Crippen LogP contribution is -2.16. The van der Waals surface area contributed by atoms with Crippen LogP contribution in [0, 0.1) is 0 Å². The minimum Gasteiger partial charge on any atom is -0.456 e. The van der Waals surface area contributed by atoms with E-state index in [4.69, 9.17) is 4.42 Å². The highest BCUT2D eigenvalue weighted by molar-refractivity contribution is 6.24. The van der Waals surface area contributed by atoms with E-state index < -0.39 is 0 Å². The Morgan fingerprint density at radius 1 is 0.300 bits per heavy atom. The summed E-state index contributed by atoms with van der Waals surface area (Å²) in [4.78, 5) is 0. The molecule has 0 spiro atoms. The molecule has 1 aliphatic rings. The highest BCUT2D eigenvalue weighted by Gasteiger charge is 2.40. The molecule has 0 unspecified atom stereocenters. The van der Waals surface area contributed by atoms with Gasteiger partial charge in [-0.25, -0.2) is 0 Å². The van der Waals surface area contributed by atoms with E-state index in [2.05, 4.69) is 202 Å². The van der Waals surface area contributed by atoms with Crippen molar-refractivity contribution < 1.29 is 4.42 Å². The van der Waals surface area contributed by atoms with E-state index in [0.29, 0.717) is 0 Å². The molecule has 1 heteroatoms. The van der Waals surface area contributed by atoms with Crippen molar-refractivity contribution in [2.24, 2.45) is 0 Å². The molecule has 60 heavy (non-hydrogen) atoms. The first-order valence-corrected chi connectivity index (χ1v) is 21.0. The quantitative estimate of drug-likeness (QED) is 0.129. The van der Waals surface area contributed by atoms with Gasteiger partial charge in [-0.15, -0.1) is 0 Å². The normalized spacial score (nSPS) is 13.3.